The number of ether oxygens (including phenoxy) is 1. The van der Waals surface area contributed by atoms with Gasteiger partial charge in [0.2, 0.25) is 11.8 Å². The second-order valence-electron chi connectivity index (χ2n) is 8.89. The summed E-state index contributed by atoms with van der Waals surface area (Å²) in [6.07, 6.45) is 5.49. The Hall–Kier alpha value is -1.32. The molecular formula is C23H33BrN2O5S. The lowest BCUT2D eigenvalue weighted by Crippen LogP contribution is -2.57. The standard InChI is InChI=1S/C23H33BrN2O5S/c1-5-7-8-12-31-22(30)16-17-20(28)26(10-11-27)19(21(29)25(9-6-2)14(3)4)23(17)13-15(24)18(16)32-23/h5-6,14-19,27H,1-2,7-13H2,3-4H3/t15?,16-,17-,18-,19?,23?/m0/s1. The van der Waals surface area contributed by atoms with Crippen molar-refractivity contribution in [2.24, 2.45) is 11.8 Å². The molecule has 178 valence electrons. The van der Waals surface area contributed by atoms with Gasteiger partial charge in [-0.2, -0.15) is 0 Å². The molecular weight excluding hydrogens is 496 g/mol. The molecule has 2 bridgehead atoms. The molecule has 3 aliphatic heterocycles. The molecule has 3 saturated heterocycles. The SMILES string of the molecule is C=CCCCOC(=O)[C@H]1[C@H]2C(=O)N(CCO)C(C(=O)N(CC=C)C(C)C)C23CC(Br)[C@@H]1S3. The van der Waals surface area contributed by atoms with E-state index in [0.717, 1.165) is 6.42 Å². The summed E-state index contributed by atoms with van der Waals surface area (Å²) in [7, 11) is 0. The van der Waals surface area contributed by atoms with Crippen molar-refractivity contribution >= 4 is 45.5 Å². The van der Waals surface area contributed by atoms with Gasteiger partial charge in [0, 0.05) is 29.2 Å². The van der Waals surface area contributed by atoms with Crippen molar-refractivity contribution < 1.29 is 24.2 Å². The van der Waals surface area contributed by atoms with Gasteiger partial charge in [0.25, 0.3) is 0 Å². The van der Waals surface area contributed by atoms with E-state index in [4.69, 9.17) is 4.74 Å². The molecule has 0 aromatic heterocycles. The lowest BCUT2D eigenvalue weighted by Gasteiger charge is -2.38. The Labute approximate surface area is 202 Å². The first-order valence-corrected chi connectivity index (χ1v) is 13.0. The number of carbonyl (C=O) groups is 3. The summed E-state index contributed by atoms with van der Waals surface area (Å²) in [6.45, 7) is 11.8. The van der Waals surface area contributed by atoms with Gasteiger partial charge in [-0.1, -0.05) is 28.1 Å². The predicted octanol–water partition coefficient (Wildman–Crippen LogP) is 2.38. The van der Waals surface area contributed by atoms with E-state index in [1.165, 1.54) is 4.90 Å². The number of nitrogens with zero attached hydrogens (tertiary/aromatic N) is 2. The highest BCUT2D eigenvalue weighted by Gasteiger charge is 2.76. The summed E-state index contributed by atoms with van der Waals surface area (Å²) in [6, 6.07) is -0.806. The molecule has 3 fully saturated rings. The van der Waals surface area contributed by atoms with E-state index in [0.29, 0.717) is 19.4 Å². The van der Waals surface area contributed by atoms with Crippen LogP contribution in [0.4, 0.5) is 0 Å². The van der Waals surface area contributed by atoms with E-state index >= 15 is 0 Å². The van der Waals surface area contributed by atoms with E-state index < -0.39 is 22.6 Å². The quantitative estimate of drug-likeness (QED) is 0.192. The first kappa shape index (κ1) is 25.3. The number of halogens is 1. The summed E-state index contributed by atoms with van der Waals surface area (Å²) in [5.41, 5.74) is 0. The highest BCUT2D eigenvalue weighted by molar-refractivity contribution is 9.09. The maximum absolute atomic E-state index is 13.8. The van der Waals surface area contributed by atoms with Crippen molar-refractivity contribution in [1.29, 1.82) is 0 Å². The van der Waals surface area contributed by atoms with Crippen molar-refractivity contribution in [2.75, 3.05) is 26.3 Å². The van der Waals surface area contributed by atoms with Crippen LogP contribution in [0.2, 0.25) is 0 Å². The van der Waals surface area contributed by atoms with Crippen LogP contribution >= 0.6 is 27.7 Å². The van der Waals surface area contributed by atoms with Gasteiger partial charge in [0.15, 0.2) is 0 Å². The number of carbonyl (C=O) groups excluding carboxylic acids is 3. The number of rotatable bonds is 11. The summed E-state index contributed by atoms with van der Waals surface area (Å²) < 4.78 is 4.83. The maximum atomic E-state index is 13.8. The summed E-state index contributed by atoms with van der Waals surface area (Å²) >= 11 is 5.29. The maximum Gasteiger partial charge on any atom is 0.310 e. The van der Waals surface area contributed by atoms with Crippen LogP contribution < -0.4 is 0 Å². The molecule has 7 nitrogen and oxygen atoms in total. The lowest BCUT2D eigenvalue weighted by atomic mass is 9.71. The molecule has 0 aliphatic carbocycles. The van der Waals surface area contributed by atoms with Crippen LogP contribution in [0.15, 0.2) is 25.3 Å². The predicted molar refractivity (Wildman–Crippen MR) is 128 cm³/mol. The number of esters is 1. The van der Waals surface area contributed by atoms with Crippen LogP contribution in [0, 0.1) is 11.8 Å². The van der Waals surface area contributed by atoms with Gasteiger partial charge < -0.3 is 19.6 Å². The van der Waals surface area contributed by atoms with E-state index in [1.54, 1.807) is 28.8 Å². The average molecular weight is 529 g/mol. The summed E-state index contributed by atoms with van der Waals surface area (Å²) in [5.74, 6) is -2.00. The molecule has 9 heteroatoms. The number of unbranched alkanes of at least 4 members (excludes halogenated alkanes) is 1. The highest BCUT2D eigenvalue weighted by Crippen LogP contribution is 2.68. The minimum atomic E-state index is -0.733. The molecule has 3 rings (SSSR count). The van der Waals surface area contributed by atoms with Crippen LogP contribution in [0.5, 0.6) is 0 Å². The number of fused-ring (bicyclic) bond motifs is 1. The van der Waals surface area contributed by atoms with Gasteiger partial charge in [0.05, 0.1) is 29.8 Å². The lowest BCUT2D eigenvalue weighted by molar-refractivity contribution is -0.154. The monoisotopic (exact) mass is 528 g/mol. The smallest absolute Gasteiger partial charge is 0.310 e. The van der Waals surface area contributed by atoms with Gasteiger partial charge in [0.1, 0.15) is 6.04 Å². The third-order valence-electron chi connectivity index (χ3n) is 6.67. The normalized spacial score (nSPS) is 32.8. The van der Waals surface area contributed by atoms with Gasteiger partial charge in [-0.15, -0.1) is 24.9 Å². The molecule has 0 aromatic rings. The number of hydrogen-bond acceptors (Lipinski definition) is 6. The fraction of sp³-hybridized carbons (Fsp3) is 0.696. The Balaban J connectivity index is 1.96. The molecule has 0 saturated carbocycles. The molecule has 0 radical (unpaired) electrons. The van der Waals surface area contributed by atoms with E-state index in [9.17, 15) is 19.5 Å². The molecule has 3 heterocycles. The van der Waals surface area contributed by atoms with Crippen LogP contribution in [0.3, 0.4) is 0 Å². The zero-order chi connectivity index (χ0) is 23.6. The third kappa shape index (κ3) is 4.16. The number of hydrogen-bond donors (Lipinski definition) is 1. The number of amides is 2. The van der Waals surface area contributed by atoms with Crippen molar-refractivity contribution in [1.82, 2.24) is 9.80 Å². The van der Waals surface area contributed by atoms with Crippen molar-refractivity contribution in [3.8, 4) is 0 Å². The topological polar surface area (TPSA) is 87.1 Å². The Bertz CT molecular complexity index is 777. The minimum Gasteiger partial charge on any atom is -0.465 e. The Kier molecular flexibility index (Phi) is 8.15. The molecule has 6 atom stereocenters. The van der Waals surface area contributed by atoms with Crippen molar-refractivity contribution in [2.45, 2.75) is 60.0 Å². The molecule has 3 unspecified atom stereocenters. The summed E-state index contributed by atoms with van der Waals surface area (Å²) in [4.78, 5) is 43.7. The number of alkyl halides is 1. The molecule has 0 aromatic carbocycles. The number of aliphatic hydroxyl groups is 1. The third-order valence-corrected chi connectivity index (χ3v) is 9.89. The molecule has 32 heavy (non-hydrogen) atoms. The number of allylic oxidation sites excluding steroid dienone is 1. The number of thioether (sulfide) groups is 1. The zero-order valence-corrected chi connectivity index (χ0v) is 21.1. The average Bonchev–Trinajstić information content (AvgIpc) is 3.33. The van der Waals surface area contributed by atoms with Crippen molar-refractivity contribution in [3.05, 3.63) is 25.3 Å². The Morgan fingerprint density at radius 1 is 1.41 bits per heavy atom. The van der Waals surface area contributed by atoms with Crippen LogP contribution in [0.25, 0.3) is 0 Å². The fourth-order valence-corrected chi connectivity index (χ4v) is 8.97. The van der Waals surface area contributed by atoms with Gasteiger partial charge in [-0.3, -0.25) is 14.4 Å². The van der Waals surface area contributed by atoms with E-state index in [1.807, 2.05) is 13.8 Å². The number of likely N-dealkylation sites (tertiary alicyclic amines) is 1. The first-order chi connectivity index (χ1) is 15.2. The number of β-amino-alcohol motifs (C(OH)–C–C–N with tert-alkyl or cyclic N) is 1. The first-order valence-electron chi connectivity index (χ1n) is 11.2. The van der Waals surface area contributed by atoms with Gasteiger partial charge in [-0.25, -0.2) is 0 Å². The fourth-order valence-electron chi connectivity index (χ4n) is 5.37. The Morgan fingerprint density at radius 3 is 2.72 bits per heavy atom. The van der Waals surface area contributed by atoms with Crippen LogP contribution in [-0.2, 0) is 19.1 Å². The molecule has 2 amide bonds. The van der Waals surface area contributed by atoms with E-state index in [-0.39, 0.29) is 53.7 Å². The zero-order valence-electron chi connectivity index (χ0n) is 18.7. The van der Waals surface area contributed by atoms with Crippen LogP contribution in [-0.4, -0.2) is 85.9 Å². The van der Waals surface area contributed by atoms with Crippen LogP contribution in [0.1, 0.15) is 33.1 Å². The molecule has 1 spiro atoms. The largest absolute Gasteiger partial charge is 0.465 e. The van der Waals surface area contributed by atoms with E-state index in [2.05, 4.69) is 29.1 Å². The van der Waals surface area contributed by atoms with Crippen molar-refractivity contribution in [3.63, 3.8) is 0 Å². The minimum absolute atomic E-state index is 0.00134. The number of aliphatic hydroxyl groups excluding tert-OH is 1. The Morgan fingerprint density at radius 2 is 2.12 bits per heavy atom. The highest BCUT2D eigenvalue weighted by atomic mass is 79.9. The second kappa shape index (κ2) is 10.3. The molecule has 3 aliphatic rings. The summed E-state index contributed by atoms with van der Waals surface area (Å²) in [5, 5.41) is 9.54. The van der Waals surface area contributed by atoms with Gasteiger partial charge in [-0.05, 0) is 33.1 Å². The second-order valence-corrected chi connectivity index (χ2v) is 11.6. The molecule has 1 N–H and O–H groups in total. The van der Waals surface area contributed by atoms with Gasteiger partial charge >= 0.3 is 5.97 Å².